The summed E-state index contributed by atoms with van der Waals surface area (Å²) in [6, 6.07) is -0.247. The van der Waals surface area contributed by atoms with Crippen molar-refractivity contribution in [3.63, 3.8) is 0 Å². The van der Waals surface area contributed by atoms with Crippen LogP contribution in [0.5, 0.6) is 0 Å². The van der Waals surface area contributed by atoms with Crippen molar-refractivity contribution < 1.29 is 14.6 Å². The first-order valence-corrected chi connectivity index (χ1v) is 3.76. The highest BCUT2D eigenvalue weighted by Gasteiger charge is 2.20. The summed E-state index contributed by atoms with van der Waals surface area (Å²) in [5, 5.41) is 11.5. The lowest BCUT2D eigenvalue weighted by atomic mass is 10.2. The van der Waals surface area contributed by atoms with Crippen LogP contribution in [0.3, 0.4) is 0 Å². The van der Waals surface area contributed by atoms with Crippen molar-refractivity contribution in [2.75, 3.05) is 13.2 Å². The molecule has 0 saturated carbocycles. The number of nitrogens with one attached hydrogen (secondary N) is 1. The maximum Gasteiger partial charge on any atom is 0.320 e. The van der Waals surface area contributed by atoms with Gasteiger partial charge in [0.25, 0.3) is 0 Å². The average molecular weight is 159 g/mol. The Morgan fingerprint density at radius 2 is 2.55 bits per heavy atom. The highest BCUT2D eigenvalue weighted by atomic mass is 16.5. The van der Waals surface area contributed by atoms with Crippen molar-refractivity contribution in [3.8, 4) is 0 Å². The molecule has 1 aliphatic heterocycles. The van der Waals surface area contributed by atoms with Gasteiger partial charge in [0.15, 0.2) is 0 Å². The molecule has 0 aromatic rings. The van der Waals surface area contributed by atoms with Gasteiger partial charge in [-0.25, -0.2) is 0 Å². The van der Waals surface area contributed by atoms with Crippen LogP contribution in [-0.4, -0.2) is 36.4 Å². The summed E-state index contributed by atoms with van der Waals surface area (Å²) in [4.78, 5) is 10.4. The first-order chi connectivity index (χ1) is 5.20. The van der Waals surface area contributed by atoms with Crippen LogP contribution in [0.15, 0.2) is 0 Å². The number of rotatable bonds is 3. The van der Waals surface area contributed by atoms with E-state index in [1.165, 1.54) is 0 Å². The van der Waals surface area contributed by atoms with Crippen molar-refractivity contribution in [3.05, 3.63) is 0 Å². The van der Waals surface area contributed by atoms with E-state index in [-0.39, 0.29) is 6.04 Å². The Kier molecular flexibility index (Phi) is 2.84. The van der Waals surface area contributed by atoms with E-state index in [1.807, 2.05) is 0 Å². The van der Waals surface area contributed by atoms with Crippen molar-refractivity contribution >= 4 is 5.97 Å². The van der Waals surface area contributed by atoms with Gasteiger partial charge in [0.1, 0.15) is 6.04 Å². The molecule has 1 heterocycles. The number of aliphatic carboxylic acids is 1. The molecule has 4 heteroatoms. The van der Waals surface area contributed by atoms with Crippen LogP contribution in [0.25, 0.3) is 0 Å². The molecular formula is C7H13NO3. The summed E-state index contributed by atoms with van der Waals surface area (Å²) in [5.41, 5.74) is 0. The lowest BCUT2D eigenvalue weighted by molar-refractivity contribution is -0.139. The number of hydrogen-bond acceptors (Lipinski definition) is 3. The average Bonchev–Trinajstić information content (AvgIpc) is 2.39. The van der Waals surface area contributed by atoms with E-state index in [9.17, 15) is 4.79 Å². The number of carboxylic acid groups (broad SMARTS) is 1. The van der Waals surface area contributed by atoms with Gasteiger partial charge in [-0.05, 0) is 13.3 Å². The van der Waals surface area contributed by atoms with Crippen LogP contribution in [0, 0.1) is 0 Å². The van der Waals surface area contributed by atoms with Crippen LogP contribution in [-0.2, 0) is 9.53 Å². The summed E-state index contributed by atoms with van der Waals surface area (Å²) >= 11 is 0. The Morgan fingerprint density at radius 1 is 1.82 bits per heavy atom. The lowest BCUT2D eigenvalue weighted by Crippen LogP contribution is -2.41. The van der Waals surface area contributed by atoms with Crippen LogP contribution in [0.4, 0.5) is 0 Å². The largest absolute Gasteiger partial charge is 0.480 e. The first-order valence-electron chi connectivity index (χ1n) is 3.76. The third-order valence-corrected chi connectivity index (χ3v) is 1.79. The van der Waals surface area contributed by atoms with Gasteiger partial charge < -0.3 is 9.84 Å². The summed E-state index contributed by atoms with van der Waals surface area (Å²) in [5.74, 6) is -0.808. The van der Waals surface area contributed by atoms with Gasteiger partial charge in [0, 0.05) is 12.6 Å². The quantitative estimate of drug-likeness (QED) is 0.600. The van der Waals surface area contributed by atoms with Crippen molar-refractivity contribution in [1.29, 1.82) is 0 Å². The van der Waals surface area contributed by atoms with Crippen molar-refractivity contribution in [1.82, 2.24) is 5.32 Å². The van der Waals surface area contributed by atoms with Crippen LogP contribution in [0.2, 0.25) is 0 Å². The van der Waals surface area contributed by atoms with Crippen molar-refractivity contribution in [2.24, 2.45) is 0 Å². The third kappa shape index (κ3) is 2.48. The van der Waals surface area contributed by atoms with Gasteiger partial charge in [-0.1, -0.05) is 0 Å². The highest BCUT2D eigenvalue weighted by Crippen LogP contribution is 2.03. The monoisotopic (exact) mass is 159 g/mol. The summed E-state index contributed by atoms with van der Waals surface area (Å²) in [7, 11) is 0. The molecule has 0 bridgehead atoms. The topological polar surface area (TPSA) is 58.6 Å². The van der Waals surface area contributed by atoms with E-state index >= 15 is 0 Å². The van der Waals surface area contributed by atoms with Crippen molar-refractivity contribution in [2.45, 2.75) is 25.4 Å². The molecule has 0 aliphatic carbocycles. The predicted octanol–water partition coefficient (Wildman–Crippen LogP) is -0.162. The molecule has 1 aliphatic rings. The second-order valence-corrected chi connectivity index (χ2v) is 2.79. The molecule has 4 nitrogen and oxygen atoms in total. The Bertz CT molecular complexity index is 143. The highest BCUT2D eigenvalue weighted by molar-refractivity contribution is 5.72. The van der Waals surface area contributed by atoms with E-state index in [0.717, 1.165) is 13.0 Å². The molecule has 2 N–H and O–H groups in total. The fraction of sp³-hybridized carbons (Fsp3) is 0.857. The minimum absolute atomic E-state index is 0.223. The number of carboxylic acids is 1. The molecule has 0 spiro atoms. The van der Waals surface area contributed by atoms with Crippen LogP contribution >= 0.6 is 0 Å². The molecule has 1 saturated heterocycles. The normalized spacial score (nSPS) is 26.8. The fourth-order valence-electron chi connectivity index (χ4n) is 1.09. The molecule has 0 radical (unpaired) electrons. The Morgan fingerprint density at radius 3 is 3.00 bits per heavy atom. The Balaban J connectivity index is 2.23. The summed E-state index contributed by atoms with van der Waals surface area (Å²) < 4.78 is 5.08. The zero-order chi connectivity index (χ0) is 8.27. The van der Waals surface area contributed by atoms with E-state index in [2.05, 4.69) is 5.32 Å². The molecule has 2 unspecified atom stereocenters. The van der Waals surface area contributed by atoms with Gasteiger partial charge in [-0.15, -0.1) is 0 Å². The van der Waals surface area contributed by atoms with E-state index < -0.39 is 12.0 Å². The van der Waals surface area contributed by atoms with Gasteiger partial charge in [0.2, 0.25) is 0 Å². The van der Waals surface area contributed by atoms with E-state index in [0.29, 0.717) is 6.61 Å². The minimum Gasteiger partial charge on any atom is -0.480 e. The van der Waals surface area contributed by atoms with E-state index in [4.69, 9.17) is 9.84 Å². The second kappa shape index (κ2) is 3.69. The first kappa shape index (κ1) is 8.49. The van der Waals surface area contributed by atoms with E-state index in [1.54, 1.807) is 6.92 Å². The fourth-order valence-corrected chi connectivity index (χ4v) is 1.09. The molecule has 0 aromatic carbocycles. The maximum absolute atomic E-state index is 10.4. The molecule has 1 rings (SSSR count). The molecule has 11 heavy (non-hydrogen) atoms. The zero-order valence-electron chi connectivity index (χ0n) is 6.54. The van der Waals surface area contributed by atoms with Crippen LogP contribution < -0.4 is 5.32 Å². The summed E-state index contributed by atoms with van der Waals surface area (Å²) in [6.45, 7) is 3.02. The number of carbonyl (C=O) groups is 1. The third-order valence-electron chi connectivity index (χ3n) is 1.79. The molecule has 2 atom stereocenters. The molecule has 1 fully saturated rings. The smallest absolute Gasteiger partial charge is 0.320 e. The molecule has 0 amide bonds. The zero-order valence-corrected chi connectivity index (χ0v) is 6.54. The van der Waals surface area contributed by atoms with Gasteiger partial charge in [-0.2, -0.15) is 0 Å². The van der Waals surface area contributed by atoms with Gasteiger partial charge in [-0.3, -0.25) is 10.1 Å². The molecular weight excluding hydrogens is 146 g/mol. The van der Waals surface area contributed by atoms with Gasteiger partial charge in [0.05, 0.1) is 6.61 Å². The Hall–Kier alpha value is -0.610. The standard InChI is InChI=1S/C7H13NO3/c1-5(7(9)10)8-6-2-3-11-4-6/h5-6,8H,2-4H2,1H3,(H,9,10). The maximum atomic E-state index is 10.4. The Labute approximate surface area is 65.5 Å². The second-order valence-electron chi connectivity index (χ2n) is 2.79. The van der Waals surface area contributed by atoms with Crippen LogP contribution in [0.1, 0.15) is 13.3 Å². The predicted molar refractivity (Wildman–Crippen MR) is 39.5 cm³/mol. The number of ether oxygens (including phenoxy) is 1. The SMILES string of the molecule is CC(NC1CCOC1)C(=O)O. The lowest BCUT2D eigenvalue weighted by Gasteiger charge is -2.13. The molecule has 0 aromatic heterocycles. The number of hydrogen-bond donors (Lipinski definition) is 2. The molecule has 64 valence electrons. The van der Waals surface area contributed by atoms with Gasteiger partial charge >= 0.3 is 5.97 Å². The minimum atomic E-state index is -0.808. The summed E-state index contributed by atoms with van der Waals surface area (Å²) in [6.07, 6.45) is 0.914.